The smallest absolute Gasteiger partial charge is 0.338 e. The van der Waals surface area contributed by atoms with Gasteiger partial charge in [0.25, 0.3) is 5.56 Å². The molecular formula is C20H17ClN4O5S. The molecule has 11 heteroatoms. The van der Waals surface area contributed by atoms with Crippen LogP contribution < -0.4 is 5.56 Å². The Labute approximate surface area is 181 Å². The van der Waals surface area contributed by atoms with Crippen molar-refractivity contribution in [3.05, 3.63) is 68.7 Å². The van der Waals surface area contributed by atoms with Crippen LogP contribution in [0.3, 0.4) is 0 Å². The van der Waals surface area contributed by atoms with E-state index in [1.807, 2.05) is 13.0 Å². The fourth-order valence-electron chi connectivity index (χ4n) is 3.28. The molecule has 0 aliphatic rings. The minimum atomic E-state index is -3.61. The zero-order valence-electron chi connectivity index (χ0n) is 16.8. The van der Waals surface area contributed by atoms with Crippen LogP contribution in [0.1, 0.15) is 21.7 Å². The predicted octanol–water partition coefficient (Wildman–Crippen LogP) is 2.30. The number of carbonyl (C=O) groups is 1. The zero-order valence-corrected chi connectivity index (χ0v) is 18.4. The highest BCUT2D eigenvalue weighted by molar-refractivity contribution is 7.90. The molecule has 2 aromatic heterocycles. The fourth-order valence-corrected chi connectivity index (χ4v) is 4.58. The van der Waals surface area contributed by atoms with E-state index < -0.39 is 15.8 Å². The number of hydrogen-bond donors (Lipinski definition) is 0. The van der Waals surface area contributed by atoms with Crippen molar-refractivity contribution in [3.8, 4) is 0 Å². The lowest BCUT2D eigenvalue weighted by Gasteiger charge is -2.09. The third-order valence-corrected chi connectivity index (χ3v) is 6.42. The van der Waals surface area contributed by atoms with Crippen molar-refractivity contribution in [2.75, 3.05) is 6.26 Å². The highest BCUT2D eigenvalue weighted by Crippen LogP contribution is 2.23. The number of ether oxygens (including phenoxy) is 1. The van der Waals surface area contributed by atoms with E-state index in [0.717, 1.165) is 11.8 Å². The van der Waals surface area contributed by atoms with E-state index in [1.54, 1.807) is 23.6 Å². The number of halogens is 1. The molecule has 0 N–H and O–H groups in total. The summed E-state index contributed by atoms with van der Waals surface area (Å²) in [6.45, 7) is 1.65. The van der Waals surface area contributed by atoms with Crippen LogP contribution in [0.4, 0.5) is 0 Å². The summed E-state index contributed by atoms with van der Waals surface area (Å²) in [7, 11) is -2.02. The summed E-state index contributed by atoms with van der Waals surface area (Å²) in [4.78, 5) is 25.0. The maximum absolute atomic E-state index is 12.6. The van der Waals surface area contributed by atoms with Gasteiger partial charge in [0.1, 0.15) is 0 Å². The third-order valence-electron chi connectivity index (χ3n) is 4.84. The van der Waals surface area contributed by atoms with Gasteiger partial charge in [0, 0.05) is 13.3 Å². The van der Waals surface area contributed by atoms with Gasteiger partial charge in [-0.05, 0) is 37.3 Å². The third kappa shape index (κ3) is 3.68. The molecule has 0 radical (unpaired) electrons. The minimum Gasteiger partial charge on any atom is -0.454 e. The first kappa shape index (κ1) is 21.0. The average molecular weight is 461 g/mol. The molecular weight excluding hydrogens is 444 g/mol. The Hall–Kier alpha value is -3.24. The van der Waals surface area contributed by atoms with E-state index in [2.05, 4.69) is 10.2 Å². The fraction of sp³-hybridized carbons (Fsp3) is 0.200. The van der Waals surface area contributed by atoms with Gasteiger partial charge in [0.2, 0.25) is 5.78 Å². The normalized spacial score (nSPS) is 11.9. The lowest BCUT2D eigenvalue weighted by molar-refractivity contribution is 0.0461. The van der Waals surface area contributed by atoms with Crippen LogP contribution in [-0.4, -0.2) is 39.8 Å². The van der Waals surface area contributed by atoms with E-state index in [1.165, 1.54) is 22.8 Å². The molecule has 0 atom stereocenters. The number of carbonyl (C=O) groups excluding carboxylic acids is 1. The van der Waals surface area contributed by atoms with Crippen LogP contribution in [0.15, 0.2) is 46.1 Å². The van der Waals surface area contributed by atoms with Crippen molar-refractivity contribution in [1.29, 1.82) is 0 Å². The lowest BCUT2D eigenvalue weighted by Crippen LogP contribution is -2.20. The number of fused-ring (bicyclic) bond motifs is 3. The van der Waals surface area contributed by atoms with Gasteiger partial charge in [-0.1, -0.05) is 23.2 Å². The zero-order chi connectivity index (χ0) is 22.5. The maximum atomic E-state index is 12.6. The van der Waals surface area contributed by atoms with Gasteiger partial charge in [-0.15, -0.1) is 10.2 Å². The maximum Gasteiger partial charge on any atom is 0.338 e. The number of esters is 1. The Kier molecular flexibility index (Phi) is 5.06. The molecule has 0 fully saturated rings. The average Bonchev–Trinajstić information content (AvgIpc) is 3.14. The molecule has 160 valence electrons. The van der Waals surface area contributed by atoms with Crippen molar-refractivity contribution in [3.63, 3.8) is 0 Å². The van der Waals surface area contributed by atoms with Crippen LogP contribution in [0.25, 0.3) is 16.7 Å². The summed E-state index contributed by atoms with van der Waals surface area (Å²) in [5.74, 6) is -0.133. The molecule has 2 aromatic carbocycles. The number of sulfone groups is 1. The molecule has 4 rings (SSSR count). The highest BCUT2D eigenvalue weighted by atomic mass is 35.5. The van der Waals surface area contributed by atoms with Crippen molar-refractivity contribution in [2.45, 2.75) is 18.4 Å². The summed E-state index contributed by atoms with van der Waals surface area (Å²) in [6, 6.07) is 9.29. The van der Waals surface area contributed by atoms with Crippen molar-refractivity contribution in [2.24, 2.45) is 7.05 Å². The van der Waals surface area contributed by atoms with Gasteiger partial charge in [0.05, 0.1) is 26.4 Å². The number of aryl methyl sites for hydroxylation is 2. The molecule has 2 heterocycles. The van der Waals surface area contributed by atoms with Crippen molar-refractivity contribution in [1.82, 2.24) is 19.2 Å². The second kappa shape index (κ2) is 7.47. The first-order chi connectivity index (χ1) is 14.6. The van der Waals surface area contributed by atoms with E-state index in [-0.39, 0.29) is 27.6 Å². The molecule has 0 spiro atoms. The van der Waals surface area contributed by atoms with Gasteiger partial charge in [-0.3, -0.25) is 13.8 Å². The second-order valence-corrected chi connectivity index (χ2v) is 9.52. The second-order valence-electron chi connectivity index (χ2n) is 7.13. The molecule has 0 unspecified atom stereocenters. The van der Waals surface area contributed by atoms with E-state index in [0.29, 0.717) is 22.5 Å². The quantitative estimate of drug-likeness (QED) is 0.429. The van der Waals surface area contributed by atoms with E-state index in [9.17, 15) is 18.0 Å². The monoisotopic (exact) mass is 460 g/mol. The summed E-state index contributed by atoms with van der Waals surface area (Å²) < 4.78 is 32.0. The first-order valence-electron chi connectivity index (χ1n) is 9.08. The molecule has 0 aliphatic carbocycles. The van der Waals surface area contributed by atoms with Crippen molar-refractivity contribution < 1.29 is 17.9 Å². The Morgan fingerprint density at radius 2 is 1.90 bits per heavy atom. The van der Waals surface area contributed by atoms with Gasteiger partial charge in [-0.2, -0.15) is 0 Å². The molecule has 9 nitrogen and oxygen atoms in total. The summed E-state index contributed by atoms with van der Waals surface area (Å²) in [6.07, 6.45) is 1.00. The minimum absolute atomic E-state index is 0.0187. The molecule has 0 aliphatic heterocycles. The molecule has 4 aromatic rings. The number of benzene rings is 2. The summed E-state index contributed by atoms with van der Waals surface area (Å²) in [5.41, 5.74) is 1.34. The summed E-state index contributed by atoms with van der Waals surface area (Å²) in [5, 5.41) is 8.62. The van der Waals surface area contributed by atoms with Crippen molar-refractivity contribution >= 4 is 44.1 Å². The Morgan fingerprint density at radius 1 is 1.16 bits per heavy atom. The van der Waals surface area contributed by atoms with Crippen LogP contribution in [0.5, 0.6) is 0 Å². The standard InChI is InChI=1S/C20H17ClN4O5S/c1-11-4-7-15-13(8-11)18(26)24(2)20-23-22-17(25(15)20)10-30-19(27)12-5-6-14(21)16(9-12)31(3,28)29/h4-9H,10H2,1-3H3. The molecule has 31 heavy (non-hydrogen) atoms. The van der Waals surface area contributed by atoms with E-state index in [4.69, 9.17) is 16.3 Å². The molecule has 0 bridgehead atoms. The Morgan fingerprint density at radius 3 is 2.61 bits per heavy atom. The number of aromatic nitrogens is 4. The van der Waals surface area contributed by atoms with Gasteiger partial charge in [-0.25, -0.2) is 13.2 Å². The number of rotatable bonds is 4. The van der Waals surface area contributed by atoms with Gasteiger partial charge < -0.3 is 4.74 Å². The van der Waals surface area contributed by atoms with Crippen LogP contribution >= 0.6 is 11.6 Å². The summed E-state index contributed by atoms with van der Waals surface area (Å²) >= 11 is 5.92. The molecule has 0 saturated carbocycles. The predicted molar refractivity (Wildman–Crippen MR) is 114 cm³/mol. The van der Waals surface area contributed by atoms with E-state index >= 15 is 0 Å². The van der Waals surface area contributed by atoms with Gasteiger partial charge in [0.15, 0.2) is 22.3 Å². The van der Waals surface area contributed by atoms with Crippen LogP contribution in [-0.2, 0) is 28.2 Å². The first-order valence-corrected chi connectivity index (χ1v) is 11.3. The van der Waals surface area contributed by atoms with Crippen LogP contribution in [0.2, 0.25) is 5.02 Å². The van der Waals surface area contributed by atoms with Crippen LogP contribution in [0, 0.1) is 6.92 Å². The molecule has 0 amide bonds. The number of nitrogens with zero attached hydrogens (tertiary/aromatic N) is 4. The largest absolute Gasteiger partial charge is 0.454 e. The topological polar surface area (TPSA) is 113 Å². The molecule has 0 saturated heterocycles. The van der Waals surface area contributed by atoms with Gasteiger partial charge >= 0.3 is 5.97 Å². The highest BCUT2D eigenvalue weighted by Gasteiger charge is 2.19. The number of hydrogen-bond acceptors (Lipinski definition) is 7. The lowest BCUT2D eigenvalue weighted by atomic mass is 10.1. The Balaban J connectivity index is 1.71. The Bertz CT molecular complexity index is 1540. The SMILES string of the molecule is Cc1ccc2c(c1)c(=O)n(C)c1nnc(COC(=O)c3ccc(Cl)c(S(C)(=O)=O)c3)n21.